The first kappa shape index (κ1) is 15.7. The van der Waals surface area contributed by atoms with Crippen LogP contribution in [0.5, 0.6) is 0 Å². The minimum absolute atomic E-state index is 0.340. The zero-order valence-corrected chi connectivity index (χ0v) is 12.3. The minimum Gasteiger partial charge on any atom is -0.347 e. The Bertz CT molecular complexity index is 515. The van der Waals surface area contributed by atoms with Gasteiger partial charge in [0.2, 0.25) is 0 Å². The van der Waals surface area contributed by atoms with Gasteiger partial charge in [0.15, 0.2) is 5.79 Å². The molecule has 3 heteroatoms. The van der Waals surface area contributed by atoms with Crippen LogP contribution in [0, 0.1) is 0 Å². The molecule has 0 aromatic heterocycles. The summed E-state index contributed by atoms with van der Waals surface area (Å²) in [6.45, 7) is 1.74. The number of rotatable bonds is 8. The molecule has 0 heterocycles. The fraction of sp³-hybridized carbons (Fsp3) is 0.333. The van der Waals surface area contributed by atoms with Gasteiger partial charge in [-0.05, 0) is 24.5 Å². The van der Waals surface area contributed by atoms with Gasteiger partial charge in [-0.2, -0.15) is 0 Å². The standard InChI is InChI=1S/C18H21FO2/c1-18(15-19,21-14-17-10-6-3-7-11-17)20-13-12-16-8-4-2-5-9-16/h2-11H,12-15H2,1H3. The monoisotopic (exact) mass is 288 g/mol. The van der Waals surface area contributed by atoms with Crippen molar-refractivity contribution in [3.05, 3.63) is 71.8 Å². The first-order valence-corrected chi connectivity index (χ1v) is 7.13. The quantitative estimate of drug-likeness (QED) is 0.679. The summed E-state index contributed by atoms with van der Waals surface area (Å²) < 4.78 is 24.4. The molecule has 21 heavy (non-hydrogen) atoms. The Morgan fingerprint density at radius 2 is 1.43 bits per heavy atom. The van der Waals surface area contributed by atoms with Crippen molar-refractivity contribution in [1.82, 2.24) is 0 Å². The number of alkyl halides is 1. The summed E-state index contributed by atoms with van der Waals surface area (Å²) in [7, 11) is 0. The zero-order valence-electron chi connectivity index (χ0n) is 12.3. The van der Waals surface area contributed by atoms with E-state index in [1.54, 1.807) is 6.92 Å². The number of hydrogen-bond acceptors (Lipinski definition) is 2. The van der Waals surface area contributed by atoms with Crippen LogP contribution >= 0.6 is 0 Å². The largest absolute Gasteiger partial charge is 0.347 e. The lowest BCUT2D eigenvalue weighted by Crippen LogP contribution is -2.35. The highest BCUT2D eigenvalue weighted by molar-refractivity contribution is 5.15. The maximum Gasteiger partial charge on any atom is 0.194 e. The minimum atomic E-state index is -1.19. The first-order chi connectivity index (χ1) is 10.2. The molecule has 0 N–H and O–H groups in total. The summed E-state index contributed by atoms with van der Waals surface area (Å²) in [5.41, 5.74) is 2.17. The molecule has 0 spiro atoms. The van der Waals surface area contributed by atoms with Crippen molar-refractivity contribution in [2.24, 2.45) is 0 Å². The molecule has 0 aliphatic rings. The second kappa shape index (κ2) is 7.91. The molecule has 0 aliphatic carbocycles. The highest BCUT2D eigenvalue weighted by Crippen LogP contribution is 2.17. The molecule has 0 fully saturated rings. The molecule has 0 radical (unpaired) electrons. The summed E-state index contributed by atoms with van der Waals surface area (Å²) in [5, 5.41) is 0. The Kier molecular flexibility index (Phi) is 5.90. The van der Waals surface area contributed by atoms with E-state index in [0.29, 0.717) is 13.2 Å². The van der Waals surface area contributed by atoms with E-state index < -0.39 is 12.5 Å². The molecule has 0 aliphatic heterocycles. The van der Waals surface area contributed by atoms with E-state index in [1.165, 1.54) is 5.56 Å². The summed E-state index contributed by atoms with van der Waals surface area (Å²) in [5.74, 6) is -1.19. The Hall–Kier alpha value is -1.71. The average molecular weight is 288 g/mol. The molecule has 2 nitrogen and oxygen atoms in total. The van der Waals surface area contributed by atoms with Crippen LogP contribution in [-0.2, 0) is 22.5 Å². The molecule has 112 valence electrons. The van der Waals surface area contributed by atoms with Crippen molar-refractivity contribution >= 4 is 0 Å². The van der Waals surface area contributed by atoms with E-state index in [1.807, 2.05) is 60.7 Å². The number of halogens is 1. The molecule has 1 unspecified atom stereocenters. The smallest absolute Gasteiger partial charge is 0.194 e. The lowest BCUT2D eigenvalue weighted by atomic mass is 10.2. The van der Waals surface area contributed by atoms with Crippen molar-refractivity contribution in [3.8, 4) is 0 Å². The molecular formula is C18H21FO2. The van der Waals surface area contributed by atoms with Gasteiger partial charge >= 0.3 is 0 Å². The average Bonchev–Trinajstić information content (AvgIpc) is 2.55. The predicted octanol–water partition coefficient (Wildman–Crippen LogP) is 4.15. The Labute approximate surface area is 125 Å². The fourth-order valence-electron chi connectivity index (χ4n) is 1.96. The van der Waals surface area contributed by atoms with Gasteiger partial charge in [-0.25, -0.2) is 4.39 Å². The van der Waals surface area contributed by atoms with Crippen LogP contribution in [-0.4, -0.2) is 19.1 Å². The second-order valence-corrected chi connectivity index (χ2v) is 5.13. The summed E-state index contributed by atoms with van der Waals surface area (Å²) in [6, 6.07) is 19.7. The maximum atomic E-state index is 13.2. The van der Waals surface area contributed by atoms with E-state index in [-0.39, 0.29) is 0 Å². The second-order valence-electron chi connectivity index (χ2n) is 5.13. The van der Waals surface area contributed by atoms with Gasteiger partial charge in [-0.3, -0.25) is 0 Å². The van der Waals surface area contributed by atoms with E-state index in [9.17, 15) is 4.39 Å². The van der Waals surface area contributed by atoms with Crippen molar-refractivity contribution < 1.29 is 13.9 Å². The van der Waals surface area contributed by atoms with Gasteiger partial charge < -0.3 is 9.47 Å². The Morgan fingerprint density at radius 1 is 0.857 bits per heavy atom. The van der Waals surface area contributed by atoms with Gasteiger partial charge in [-0.1, -0.05) is 60.7 Å². The van der Waals surface area contributed by atoms with Gasteiger partial charge in [0.1, 0.15) is 6.67 Å². The molecule has 0 bridgehead atoms. The highest BCUT2D eigenvalue weighted by atomic mass is 19.1. The third-order valence-corrected chi connectivity index (χ3v) is 3.27. The fourth-order valence-corrected chi connectivity index (χ4v) is 1.96. The van der Waals surface area contributed by atoms with Crippen LogP contribution in [0.1, 0.15) is 18.1 Å². The molecule has 0 saturated heterocycles. The van der Waals surface area contributed by atoms with Gasteiger partial charge in [0.05, 0.1) is 13.2 Å². The van der Waals surface area contributed by atoms with Crippen LogP contribution in [0.3, 0.4) is 0 Å². The molecule has 2 aromatic carbocycles. The zero-order chi connectivity index (χ0) is 15.0. The topological polar surface area (TPSA) is 18.5 Å². The molecular weight excluding hydrogens is 267 g/mol. The van der Waals surface area contributed by atoms with Crippen LogP contribution in [0.4, 0.5) is 4.39 Å². The molecule has 2 aromatic rings. The normalized spacial score (nSPS) is 13.8. The highest BCUT2D eigenvalue weighted by Gasteiger charge is 2.26. The van der Waals surface area contributed by atoms with Gasteiger partial charge in [-0.15, -0.1) is 0 Å². The van der Waals surface area contributed by atoms with E-state index in [0.717, 1.165) is 12.0 Å². The van der Waals surface area contributed by atoms with Crippen molar-refractivity contribution in [1.29, 1.82) is 0 Å². The van der Waals surface area contributed by atoms with Crippen LogP contribution in [0.2, 0.25) is 0 Å². The molecule has 1 atom stereocenters. The molecule has 0 amide bonds. The first-order valence-electron chi connectivity index (χ1n) is 7.13. The van der Waals surface area contributed by atoms with E-state index in [2.05, 4.69) is 0 Å². The van der Waals surface area contributed by atoms with E-state index >= 15 is 0 Å². The lowest BCUT2D eigenvalue weighted by molar-refractivity contribution is -0.239. The number of hydrogen-bond donors (Lipinski definition) is 0. The van der Waals surface area contributed by atoms with Crippen molar-refractivity contribution in [2.45, 2.75) is 25.7 Å². The number of benzene rings is 2. The number of ether oxygens (including phenoxy) is 2. The van der Waals surface area contributed by atoms with Crippen LogP contribution < -0.4 is 0 Å². The van der Waals surface area contributed by atoms with Crippen molar-refractivity contribution in [2.75, 3.05) is 13.3 Å². The summed E-state index contributed by atoms with van der Waals surface area (Å²) in [6.07, 6.45) is 0.741. The van der Waals surface area contributed by atoms with Crippen molar-refractivity contribution in [3.63, 3.8) is 0 Å². The summed E-state index contributed by atoms with van der Waals surface area (Å²) >= 11 is 0. The molecule has 2 rings (SSSR count). The Morgan fingerprint density at radius 3 is 2.00 bits per heavy atom. The molecule has 0 saturated carbocycles. The Balaban J connectivity index is 1.80. The SMILES string of the molecule is CC(CF)(OCCc1ccccc1)OCc1ccccc1. The lowest BCUT2D eigenvalue weighted by Gasteiger charge is -2.27. The summed E-state index contributed by atoms with van der Waals surface area (Å²) in [4.78, 5) is 0. The maximum absolute atomic E-state index is 13.2. The predicted molar refractivity (Wildman–Crippen MR) is 81.7 cm³/mol. The third kappa shape index (κ3) is 5.29. The van der Waals surface area contributed by atoms with Gasteiger partial charge in [0, 0.05) is 0 Å². The van der Waals surface area contributed by atoms with E-state index in [4.69, 9.17) is 9.47 Å². The van der Waals surface area contributed by atoms with Crippen LogP contribution in [0.15, 0.2) is 60.7 Å². The van der Waals surface area contributed by atoms with Gasteiger partial charge in [0.25, 0.3) is 0 Å². The third-order valence-electron chi connectivity index (χ3n) is 3.27. The van der Waals surface area contributed by atoms with Crippen LogP contribution in [0.25, 0.3) is 0 Å².